The van der Waals surface area contributed by atoms with E-state index in [0.29, 0.717) is 12.2 Å². The number of amides is 1. The minimum Gasteiger partial charge on any atom is -0.467 e. The van der Waals surface area contributed by atoms with Gasteiger partial charge in [0.1, 0.15) is 11.8 Å². The lowest BCUT2D eigenvalue weighted by Gasteiger charge is -2.17. The molecule has 0 spiro atoms. The third-order valence-corrected chi connectivity index (χ3v) is 2.46. The molecule has 1 N–H and O–H groups in total. The number of methoxy groups -OCH3 is 1. The number of carbonyl (C=O) groups excluding carboxylic acids is 2. The fourth-order valence-electron chi connectivity index (χ4n) is 1.61. The minimum absolute atomic E-state index is 0.199. The summed E-state index contributed by atoms with van der Waals surface area (Å²) in [7, 11) is 1.30. The van der Waals surface area contributed by atoms with E-state index in [9.17, 15) is 9.59 Å². The molecule has 1 amide bonds. The maximum Gasteiger partial charge on any atom is 0.328 e. The average molecular weight is 253 g/mol. The predicted molar refractivity (Wildman–Crippen MR) is 66.2 cm³/mol. The molecule has 0 aliphatic heterocycles. The van der Waals surface area contributed by atoms with Crippen molar-refractivity contribution in [3.8, 4) is 0 Å². The Bertz CT molecular complexity index is 422. The molecule has 1 rings (SSSR count). The Morgan fingerprint density at radius 3 is 2.50 bits per heavy atom. The molecule has 0 aliphatic rings. The summed E-state index contributed by atoms with van der Waals surface area (Å²) in [5.41, 5.74) is 0. The molecule has 1 unspecified atom stereocenters. The van der Waals surface area contributed by atoms with E-state index in [0.717, 1.165) is 0 Å². The molecule has 0 saturated carbocycles. The van der Waals surface area contributed by atoms with Gasteiger partial charge in [0.05, 0.1) is 7.11 Å². The van der Waals surface area contributed by atoms with E-state index in [4.69, 9.17) is 4.42 Å². The van der Waals surface area contributed by atoms with Gasteiger partial charge in [-0.2, -0.15) is 0 Å². The van der Waals surface area contributed by atoms with Crippen LogP contribution in [0.4, 0.5) is 0 Å². The molecule has 5 nitrogen and oxygen atoms in total. The van der Waals surface area contributed by atoms with Crippen LogP contribution in [0.2, 0.25) is 0 Å². The Morgan fingerprint density at radius 1 is 1.39 bits per heavy atom. The van der Waals surface area contributed by atoms with Gasteiger partial charge >= 0.3 is 5.97 Å². The number of rotatable bonds is 5. The minimum atomic E-state index is -0.645. The number of nitrogens with one attached hydrogen (secondary N) is 1. The van der Waals surface area contributed by atoms with E-state index in [2.05, 4.69) is 10.1 Å². The van der Waals surface area contributed by atoms with Gasteiger partial charge in [-0.3, -0.25) is 4.79 Å². The van der Waals surface area contributed by atoms with E-state index in [1.807, 2.05) is 13.8 Å². The molecule has 18 heavy (non-hydrogen) atoms. The summed E-state index contributed by atoms with van der Waals surface area (Å²) < 4.78 is 9.87. The number of hydrogen-bond acceptors (Lipinski definition) is 4. The van der Waals surface area contributed by atoms with Gasteiger partial charge in [0.25, 0.3) is 5.91 Å². The van der Waals surface area contributed by atoms with Crippen molar-refractivity contribution in [2.75, 3.05) is 7.11 Å². The summed E-state index contributed by atoms with van der Waals surface area (Å²) in [6, 6.07) is 2.63. The van der Waals surface area contributed by atoms with Gasteiger partial charge in [0.15, 0.2) is 5.76 Å². The van der Waals surface area contributed by atoms with Gasteiger partial charge in [0, 0.05) is 0 Å². The number of ether oxygens (including phenoxy) is 1. The molecule has 0 aromatic carbocycles. The second kappa shape index (κ2) is 6.23. The molecule has 1 aromatic rings. The maximum absolute atomic E-state index is 11.9. The zero-order chi connectivity index (χ0) is 13.7. The number of esters is 1. The molecule has 0 saturated heterocycles. The second-order valence-corrected chi connectivity index (χ2v) is 4.59. The molecule has 0 fully saturated rings. The van der Waals surface area contributed by atoms with Gasteiger partial charge in [-0.15, -0.1) is 0 Å². The van der Waals surface area contributed by atoms with Gasteiger partial charge in [-0.25, -0.2) is 4.79 Å². The molecule has 0 aliphatic carbocycles. The zero-order valence-electron chi connectivity index (χ0n) is 11.1. The maximum atomic E-state index is 11.9. The predicted octanol–water partition coefficient (Wildman–Crippen LogP) is 1.91. The van der Waals surface area contributed by atoms with Crippen molar-refractivity contribution in [1.82, 2.24) is 5.32 Å². The SMILES string of the molecule is COC(=O)C(CC(C)C)NC(=O)c1ccc(C)o1. The van der Waals surface area contributed by atoms with Gasteiger partial charge < -0.3 is 14.5 Å². The molecular formula is C13H19NO4. The lowest BCUT2D eigenvalue weighted by atomic mass is 10.0. The largest absolute Gasteiger partial charge is 0.467 e. The summed E-state index contributed by atoms with van der Waals surface area (Å²) in [4.78, 5) is 23.4. The highest BCUT2D eigenvalue weighted by Crippen LogP contribution is 2.10. The smallest absolute Gasteiger partial charge is 0.328 e. The fraction of sp³-hybridized carbons (Fsp3) is 0.538. The monoisotopic (exact) mass is 253 g/mol. The first-order valence-electron chi connectivity index (χ1n) is 5.89. The lowest BCUT2D eigenvalue weighted by Crippen LogP contribution is -2.42. The van der Waals surface area contributed by atoms with E-state index in [1.165, 1.54) is 7.11 Å². The summed E-state index contributed by atoms with van der Waals surface area (Å²) in [6.45, 7) is 5.70. The van der Waals surface area contributed by atoms with Crippen LogP contribution in [0.25, 0.3) is 0 Å². The van der Waals surface area contributed by atoms with Crippen molar-refractivity contribution in [2.45, 2.75) is 33.2 Å². The lowest BCUT2D eigenvalue weighted by molar-refractivity contribution is -0.143. The Hall–Kier alpha value is -1.78. The van der Waals surface area contributed by atoms with Crippen molar-refractivity contribution in [1.29, 1.82) is 0 Å². The average Bonchev–Trinajstić information content (AvgIpc) is 2.73. The van der Waals surface area contributed by atoms with E-state index < -0.39 is 17.9 Å². The van der Waals surface area contributed by atoms with Crippen molar-refractivity contribution < 1.29 is 18.7 Å². The number of aryl methyl sites for hydroxylation is 1. The highest BCUT2D eigenvalue weighted by Gasteiger charge is 2.24. The first-order valence-corrected chi connectivity index (χ1v) is 5.89. The van der Waals surface area contributed by atoms with Crippen LogP contribution in [-0.4, -0.2) is 25.0 Å². The first-order chi connectivity index (χ1) is 8.43. The third-order valence-electron chi connectivity index (χ3n) is 2.46. The Balaban J connectivity index is 2.71. The van der Waals surface area contributed by atoms with Crippen LogP contribution in [0, 0.1) is 12.8 Å². The van der Waals surface area contributed by atoms with Crippen LogP contribution in [-0.2, 0) is 9.53 Å². The highest BCUT2D eigenvalue weighted by atomic mass is 16.5. The van der Waals surface area contributed by atoms with Gasteiger partial charge in [0.2, 0.25) is 0 Å². The van der Waals surface area contributed by atoms with Gasteiger partial charge in [-0.1, -0.05) is 13.8 Å². The molecule has 5 heteroatoms. The molecule has 1 aromatic heterocycles. The third kappa shape index (κ3) is 3.91. The van der Waals surface area contributed by atoms with E-state index in [1.54, 1.807) is 19.1 Å². The van der Waals surface area contributed by atoms with Crippen LogP contribution < -0.4 is 5.32 Å². The van der Waals surface area contributed by atoms with Crippen molar-refractivity contribution >= 4 is 11.9 Å². The molecule has 0 bridgehead atoms. The van der Waals surface area contributed by atoms with E-state index >= 15 is 0 Å². The molecule has 0 radical (unpaired) electrons. The van der Waals surface area contributed by atoms with Crippen LogP contribution in [0.15, 0.2) is 16.5 Å². The molecular weight excluding hydrogens is 234 g/mol. The molecule has 100 valence electrons. The summed E-state index contributed by atoms with van der Waals surface area (Å²) in [6.07, 6.45) is 0.526. The standard InChI is InChI=1S/C13H19NO4/c1-8(2)7-10(13(16)17-4)14-12(15)11-6-5-9(3)18-11/h5-6,8,10H,7H2,1-4H3,(H,14,15). The highest BCUT2D eigenvalue weighted by molar-refractivity contribution is 5.94. The number of carbonyl (C=O) groups is 2. The van der Waals surface area contributed by atoms with Gasteiger partial charge in [-0.05, 0) is 31.4 Å². The van der Waals surface area contributed by atoms with Crippen molar-refractivity contribution in [2.24, 2.45) is 5.92 Å². The first kappa shape index (κ1) is 14.3. The van der Waals surface area contributed by atoms with Crippen LogP contribution in [0.3, 0.4) is 0 Å². The van der Waals surface area contributed by atoms with Crippen LogP contribution in [0.5, 0.6) is 0 Å². The van der Waals surface area contributed by atoms with Crippen LogP contribution >= 0.6 is 0 Å². The zero-order valence-corrected chi connectivity index (χ0v) is 11.1. The number of furan rings is 1. The topological polar surface area (TPSA) is 68.5 Å². The quantitative estimate of drug-likeness (QED) is 0.814. The van der Waals surface area contributed by atoms with Crippen molar-refractivity contribution in [3.63, 3.8) is 0 Å². The van der Waals surface area contributed by atoms with E-state index in [-0.39, 0.29) is 11.7 Å². The Labute approximate surface area is 106 Å². The van der Waals surface area contributed by atoms with Crippen molar-refractivity contribution in [3.05, 3.63) is 23.7 Å². The number of hydrogen-bond donors (Lipinski definition) is 1. The summed E-state index contributed by atoms with van der Waals surface area (Å²) in [5.74, 6) is 0.274. The summed E-state index contributed by atoms with van der Waals surface area (Å²) >= 11 is 0. The Morgan fingerprint density at radius 2 is 2.06 bits per heavy atom. The molecule has 1 atom stereocenters. The normalized spacial score (nSPS) is 12.3. The summed E-state index contributed by atoms with van der Waals surface area (Å²) in [5, 5.41) is 2.62. The fourth-order valence-corrected chi connectivity index (χ4v) is 1.61. The molecule has 1 heterocycles. The second-order valence-electron chi connectivity index (χ2n) is 4.59. The van der Waals surface area contributed by atoms with Crippen LogP contribution in [0.1, 0.15) is 36.6 Å². The Kier molecular flexibility index (Phi) is 4.95.